The summed E-state index contributed by atoms with van der Waals surface area (Å²) in [5.41, 5.74) is 1.09. The first-order valence-electron chi connectivity index (χ1n) is 4.29. The summed E-state index contributed by atoms with van der Waals surface area (Å²) in [5.74, 6) is 6.90. The molecule has 15 heavy (non-hydrogen) atoms. The monoisotopic (exact) mass is 222 g/mol. The Balaban J connectivity index is 2.48. The van der Waals surface area contributed by atoms with Crippen molar-refractivity contribution in [2.45, 2.75) is 0 Å². The van der Waals surface area contributed by atoms with Gasteiger partial charge in [-0.1, -0.05) is 11.8 Å². The van der Waals surface area contributed by atoms with Crippen LogP contribution in [0.25, 0.3) is 0 Å². The van der Waals surface area contributed by atoms with Crippen molar-refractivity contribution < 1.29 is 14.3 Å². The summed E-state index contributed by atoms with van der Waals surface area (Å²) in [7, 11) is 0. The van der Waals surface area contributed by atoms with Crippen molar-refractivity contribution in [2.24, 2.45) is 0 Å². The standard InChI is InChI=1S/C11H7ClO3/c12-3-1-2-8-4-10-11(15-7-14-10)5-9(8)6-13/h4-6H,3,7H2. The van der Waals surface area contributed by atoms with Gasteiger partial charge in [0.1, 0.15) is 0 Å². The highest BCUT2D eigenvalue weighted by Gasteiger charge is 2.15. The van der Waals surface area contributed by atoms with E-state index in [1.165, 1.54) is 0 Å². The second-order valence-electron chi connectivity index (χ2n) is 2.85. The van der Waals surface area contributed by atoms with Gasteiger partial charge in [0.25, 0.3) is 0 Å². The van der Waals surface area contributed by atoms with Gasteiger partial charge >= 0.3 is 0 Å². The van der Waals surface area contributed by atoms with E-state index < -0.39 is 0 Å². The van der Waals surface area contributed by atoms with Gasteiger partial charge < -0.3 is 9.47 Å². The Labute approximate surface area is 91.9 Å². The third kappa shape index (κ3) is 1.90. The number of ether oxygens (including phenoxy) is 2. The molecule has 3 nitrogen and oxygen atoms in total. The topological polar surface area (TPSA) is 35.5 Å². The summed E-state index contributed by atoms with van der Waals surface area (Å²) in [4.78, 5) is 10.8. The molecule has 0 amide bonds. The predicted molar refractivity (Wildman–Crippen MR) is 55.6 cm³/mol. The van der Waals surface area contributed by atoms with E-state index in [2.05, 4.69) is 11.8 Å². The van der Waals surface area contributed by atoms with Crippen LogP contribution in [-0.4, -0.2) is 19.0 Å². The molecule has 0 fully saturated rings. The van der Waals surface area contributed by atoms with Crippen molar-refractivity contribution in [3.05, 3.63) is 23.3 Å². The van der Waals surface area contributed by atoms with Gasteiger partial charge in [0.2, 0.25) is 6.79 Å². The van der Waals surface area contributed by atoms with Gasteiger partial charge in [-0.3, -0.25) is 4.79 Å². The normalized spacial score (nSPS) is 11.8. The highest BCUT2D eigenvalue weighted by atomic mass is 35.5. The fourth-order valence-corrected chi connectivity index (χ4v) is 1.36. The Hall–Kier alpha value is -1.66. The Kier molecular flexibility index (Phi) is 2.79. The molecule has 1 heterocycles. The molecular weight excluding hydrogens is 216 g/mol. The van der Waals surface area contributed by atoms with E-state index >= 15 is 0 Å². The highest BCUT2D eigenvalue weighted by Crippen LogP contribution is 2.34. The summed E-state index contributed by atoms with van der Waals surface area (Å²) in [6.45, 7) is 0.181. The van der Waals surface area contributed by atoms with E-state index in [1.54, 1.807) is 12.1 Å². The first-order chi connectivity index (χ1) is 7.35. The summed E-state index contributed by atoms with van der Waals surface area (Å²) in [5, 5.41) is 0. The molecule has 0 N–H and O–H groups in total. The molecule has 0 spiro atoms. The largest absolute Gasteiger partial charge is 0.454 e. The molecule has 0 aromatic heterocycles. The number of halogens is 1. The van der Waals surface area contributed by atoms with Crippen LogP contribution in [0.3, 0.4) is 0 Å². The third-order valence-corrected chi connectivity index (χ3v) is 2.10. The van der Waals surface area contributed by atoms with Crippen LogP contribution in [0.2, 0.25) is 0 Å². The highest BCUT2D eigenvalue weighted by molar-refractivity contribution is 6.19. The lowest BCUT2D eigenvalue weighted by Gasteiger charge is -1.99. The van der Waals surface area contributed by atoms with Crippen LogP contribution in [0.4, 0.5) is 0 Å². The summed E-state index contributed by atoms with van der Waals surface area (Å²) < 4.78 is 10.3. The maximum absolute atomic E-state index is 10.8. The maximum Gasteiger partial charge on any atom is 0.231 e. The number of carbonyl (C=O) groups excluding carboxylic acids is 1. The number of carbonyl (C=O) groups is 1. The minimum atomic E-state index is 0.181. The number of hydrogen-bond acceptors (Lipinski definition) is 3. The number of aldehydes is 1. The van der Waals surface area contributed by atoms with Gasteiger partial charge in [-0.15, -0.1) is 11.6 Å². The van der Waals surface area contributed by atoms with E-state index in [0.717, 1.165) is 6.29 Å². The van der Waals surface area contributed by atoms with Crippen molar-refractivity contribution in [2.75, 3.05) is 12.7 Å². The van der Waals surface area contributed by atoms with E-state index in [-0.39, 0.29) is 12.7 Å². The lowest BCUT2D eigenvalue weighted by molar-refractivity contribution is 0.112. The van der Waals surface area contributed by atoms with E-state index in [1.807, 2.05) is 0 Å². The first kappa shape index (κ1) is 9.88. The van der Waals surface area contributed by atoms with Gasteiger partial charge in [0, 0.05) is 17.2 Å². The van der Waals surface area contributed by atoms with Crippen molar-refractivity contribution in [3.63, 3.8) is 0 Å². The Morgan fingerprint density at radius 1 is 1.40 bits per heavy atom. The zero-order chi connectivity index (χ0) is 10.7. The van der Waals surface area contributed by atoms with Crippen LogP contribution in [0.1, 0.15) is 15.9 Å². The molecule has 1 aromatic carbocycles. The molecule has 0 saturated heterocycles. The van der Waals surface area contributed by atoms with E-state index in [9.17, 15) is 4.79 Å². The fraction of sp³-hybridized carbons (Fsp3) is 0.182. The van der Waals surface area contributed by atoms with Gasteiger partial charge in [-0.05, 0) is 6.07 Å². The minimum absolute atomic E-state index is 0.181. The van der Waals surface area contributed by atoms with Crippen molar-refractivity contribution >= 4 is 17.9 Å². The predicted octanol–water partition coefficient (Wildman–Crippen LogP) is 1.82. The summed E-state index contributed by atoms with van der Waals surface area (Å²) >= 11 is 5.45. The zero-order valence-electron chi connectivity index (χ0n) is 7.75. The minimum Gasteiger partial charge on any atom is -0.454 e. The quantitative estimate of drug-likeness (QED) is 0.413. The molecule has 0 saturated carbocycles. The van der Waals surface area contributed by atoms with Gasteiger partial charge in [-0.2, -0.15) is 0 Å². The average Bonchev–Trinajstić information content (AvgIpc) is 2.71. The number of hydrogen-bond donors (Lipinski definition) is 0. The Bertz CT molecular complexity index is 457. The molecule has 1 aromatic rings. The first-order valence-corrected chi connectivity index (χ1v) is 4.82. The van der Waals surface area contributed by atoms with Crippen LogP contribution in [0, 0.1) is 11.8 Å². The Morgan fingerprint density at radius 3 is 2.80 bits per heavy atom. The molecule has 1 aliphatic rings. The molecule has 2 rings (SSSR count). The molecule has 76 valence electrons. The van der Waals surface area contributed by atoms with Crippen LogP contribution in [0.5, 0.6) is 11.5 Å². The molecule has 0 radical (unpaired) electrons. The van der Waals surface area contributed by atoms with Crippen molar-refractivity contribution in [3.8, 4) is 23.3 Å². The van der Waals surface area contributed by atoms with Crippen molar-refractivity contribution in [1.82, 2.24) is 0 Å². The SMILES string of the molecule is O=Cc1cc2c(cc1C#CCCl)OCO2. The molecular formula is C11H7ClO3. The summed E-state index contributed by atoms with van der Waals surface area (Å²) in [6.07, 6.45) is 0.736. The summed E-state index contributed by atoms with van der Waals surface area (Å²) in [6, 6.07) is 3.30. The average molecular weight is 223 g/mol. The molecule has 0 aliphatic carbocycles. The second-order valence-corrected chi connectivity index (χ2v) is 3.11. The van der Waals surface area contributed by atoms with E-state index in [4.69, 9.17) is 21.1 Å². The van der Waals surface area contributed by atoms with Crippen molar-refractivity contribution in [1.29, 1.82) is 0 Å². The van der Waals surface area contributed by atoms with Gasteiger partial charge in [0.15, 0.2) is 17.8 Å². The number of benzene rings is 1. The number of fused-ring (bicyclic) bond motifs is 1. The molecule has 0 bridgehead atoms. The third-order valence-electron chi connectivity index (χ3n) is 1.96. The number of rotatable bonds is 1. The van der Waals surface area contributed by atoms with E-state index in [0.29, 0.717) is 22.6 Å². The van der Waals surface area contributed by atoms with Crippen LogP contribution in [-0.2, 0) is 0 Å². The van der Waals surface area contributed by atoms with Gasteiger partial charge in [0.05, 0.1) is 5.88 Å². The lowest BCUT2D eigenvalue weighted by atomic mass is 10.1. The maximum atomic E-state index is 10.8. The lowest BCUT2D eigenvalue weighted by Crippen LogP contribution is -1.92. The Morgan fingerprint density at radius 2 is 2.13 bits per heavy atom. The zero-order valence-corrected chi connectivity index (χ0v) is 8.50. The molecule has 0 atom stereocenters. The van der Waals surface area contributed by atoms with Crippen LogP contribution in [0.15, 0.2) is 12.1 Å². The number of alkyl halides is 1. The van der Waals surface area contributed by atoms with Crippen LogP contribution >= 0.6 is 11.6 Å². The smallest absolute Gasteiger partial charge is 0.231 e. The molecule has 0 unspecified atom stereocenters. The molecule has 1 aliphatic heterocycles. The second kappa shape index (κ2) is 4.24. The fourth-order valence-electron chi connectivity index (χ4n) is 1.29. The molecule has 4 heteroatoms. The van der Waals surface area contributed by atoms with Crippen LogP contribution < -0.4 is 9.47 Å². The van der Waals surface area contributed by atoms with Gasteiger partial charge in [-0.25, -0.2) is 0 Å².